The largest absolute Gasteiger partial charge is 0.371 e. The van der Waals surface area contributed by atoms with Gasteiger partial charge in [-0.05, 0) is 39.1 Å². The Balaban J connectivity index is 1.80. The van der Waals surface area contributed by atoms with Gasteiger partial charge >= 0.3 is 0 Å². The Morgan fingerprint density at radius 1 is 1.36 bits per heavy atom. The van der Waals surface area contributed by atoms with E-state index in [1.807, 2.05) is 25.2 Å². The van der Waals surface area contributed by atoms with Crippen molar-refractivity contribution < 1.29 is 4.79 Å². The van der Waals surface area contributed by atoms with Crippen molar-refractivity contribution >= 4 is 17.1 Å². The number of anilines is 1. The van der Waals surface area contributed by atoms with Crippen LogP contribution in [0, 0.1) is 0 Å². The number of hydrogen-bond acceptors (Lipinski definition) is 4. The second-order valence-electron chi connectivity index (χ2n) is 6.03. The molecule has 1 aliphatic rings. The molecule has 0 unspecified atom stereocenters. The van der Waals surface area contributed by atoms with Crippen LogP contribution in [0.15, 0.2) is 24.5 Å². The van der Waals surface area contributed by atoms with Crippen LogP contribution in [0.3, 0.4) is 0 Å². The van der Waals surface area contributed by atoms with Gasteiger partial charge in [0.15, 0.2) is 0 Å². The van der Waals surface area contributed by atoms with E-state index in [-0.39, 0.29) is 5.91 Å². The van der Waals surface area contributed by atoms with E-state index in [0.717, 1.165) is 25.2 Å². The first-order chi connectivity index (χ1) is 10.6. The highest BCUT2D eigenvalue weighted by atomic mass is 16.1. The van der Waals surface area contributed by atoms with Gasteiger partial charge in [0.05, 0.1) is 17.3 Å². The van der Waals surface area contributed by atoms with E-state index in [1.54, 1.807) is 10.7 Å². The fourth-order valence-electron chi connectivity index (χ4n) is 2.80. The highest BCUT2D eigenvalue weighted by Crippen LogP contribution is 2.23. The summed E-state index contributed by atoms with van der Waals surface area (Å²) in [6.45, 7) is 3.64. The van der Waals surface area contributed by atoms with E-state index in [0.29, 0.717) is 12.1 Å². The van der Waals surface area contributed by atoms with Crippen molar-refractivity contribution in [3.05, 3.63) is 30.1 Å². The molecule has 0 aromatic carbocycles. The van der Waals surface area contributed by atoms with Crippen molar-refractivity contribution in [2.75, 3.05) is 45.2 Å². The zero-order chi connectivity index (χ0) is 15.5. The van der Waals surface area contributed by atoms with Gasteiger partial charge in [-0.3, -0.25) is 4.79 Å². The number of aromatic nitrogens is 2. The third-order valence-corrected chi connectivity index (χ3v) is 4.07. The SMILES string of the molecule is CN(C)CCNC(=O)c1cnn2ccc(N3CCCC3)cc12. The predicted octanol–water partition coefficient (Wildman–Crippen LogP) is 1.23. The molecule has 1 aliphatic heterocycles. The van der Waals surface area contributed by atoms with Gasteiger partial charge in [-0.25, -0.2) is 4.52 Å². The van der Waals surface area contributed by atoms with E-state index in [9.17, 15) is 4.79 Å². The molecule has 3 rings (SSSR count). The maximum atomic E-state index is 12.3. The zero-order valence-electron chi connectivity index (χ0n) is 13.2. The number of pyridine rings is 1. The molecule has 0 saturated carbocycles. The Labute approximate surface area is 130 Å². The van der Waals surface area contributed by atoms with Gasteiger partial charge in [-0.2, -0.15) is 5.10 Å². The molecule has 2 aromatic rings. The lowest BCUT2D eigenvalue weighted by Gasteiger charge is -2.17. The van der Waals surface area contributed by atoms with Gasteiger partial charge in [0.2, 0.25) is 0 Å². The summed E-state index contributed by atoms with van der Waals surface area (Å²) in [6.07, 6.45) is 6.05. The predicted molar refractivity (Wildman–Crippen MR) is 87.5 cm³/mol. The van der Waals surface area contributed by atoms with Crippen LogP contribution < -0.4 is 10.2 Å². The molecule has 6 nitrogen and oxygen atoms in total. The normalized spacial score (nSPS) is 15.0. The summed E-state index contributed by atoms with van der Waals surface area (Å²) >= 11 is 0. The number of amides is 1. The Hall–Kier alpha value is -2.08. The quantitative estimate of drug-likeness (QED) is 0.902. The summed E-state index contributed by atoms with van der Waals surface area (Å²) in [7, 11) is 3.98. The lowest BCUT2D eigenvalue weighted by molar-refractivity contribution is 0.0952. The molecule has 0 bridgehead atoms. The molecular weight excluding hydrogens is 278 g/mol. The molecule has 0 aliphatic carbocycles. The molecule has 1 N–H and O–H groups in total. The molecule has 3 heterocycles. The molecule has 118 valence electrons. The Morgan fingerprint density at radius 3 is 2.86 bits per heavy atom. The minimum Gasteiger partial charge on any atom is -0.371 e. The number of nitrogens with one attached hydrogen (secondary N) is 1. The molecule has 2 aromatic heterocycles. The number of nitrogens with zero attached hydrogens (tertiary/aromatic N) is 4. The monoisotopic (exact) mass is 301 g/mol. The van der Waals surface area contributed by atoms with Crippen LogP contribution in [0.1, 0.15) is 23.2 Å². The summed E-state index contributed by atoms with van der Waals surface area (Å²) < 4.78 is 1.76. The highest BCUT2D eigenvalue weighted by molar-refractivity contribution is 6.01. The van der Waals surface area contributed by atoms with Crippen LogP contribution in [0.4, 0.5) is 5.69 Å². The lowest BCUT2D eigenvalue weighted by atomic mass is 10.2. The average Bonchev–Trinajstić information content (AvgIpc) is 3.15. The fourth-order valence-corrected chi connectivity index (χ4v) is 2.80. The summed E-state index contributed by atoms with van der Waals surface area (Å²) in [5.41, 5.74) is 2.68. The van der Waals surface area contributed by atoms with E-state index < -0.39 is 0 Å². The summed E-state index contributed by atoms with van der Waals surface area (Å²) in [4.78, 5) is 16.7. The molecule has 1 amide bonds. The maximum Gasteiger partial charge on any atom is 0.255 e. The Morgan fingerprint density at radius 2 is 2.14 bits per heavy atom. The molecule has 22 heavy (non-hydrogen) atoms. The Bertz CT molecular complexity index is 658. The molecule has 1 fully saturated rings. The standard InChI is InChI=1S/C16H23N5O/c1-19(2)10-6-17-16(22)14-12-18-21-9-5-13(11-15(14)21)20-7-3-4-8-20/h5,9,11-12H,3-4,6-8,10H2,1-2H3,(H,17,22). The van der Waals surface area contributed by atoms with Crippen molar-refractivity contribution in [3.63, 3.8) is 0 Å². The van der Waals surface area contributed by atoms with Crippen LogP contribution in [-0.2, 0) is 0 Å². The van der Waals surface area contributed by atoms with Crippen molar-refractivity contribution in [3.8, 4) is 0 Å². The smallest absolute Gasteiger partial charge is 0.255 e. The molecule has 0 atom stereocenters. The first-order valence-electron chi connectivity index (χ1n) is 7.80. The highest BCUT2D eigenvalue weighted by Gasteiger charge is 2.16. The van der Waals surface area contributed by atoms with Crippen molar-refractivity contribution in [2.45, 2.75) is 12.8 Å². The minimum atomic E-state index is -0.0598. The third kappa shape index (κ3) is 3.06. The van der Waals surface area contributed by atoms with Crippen molar-refractivity contribution in [1.82, 2.24) is 19.8 Å². The number of rotatable bonds is 5. The second-order valence-corrected chi connectivity index (χ2v) is 6.03. The summed E-state index contributed by atoms with van der Waals surface area (Å²) in [6, 6.07) is 4.14. The molecular formula is C16H23N5O. The maximum absolute atomic E-state index is 12.3. The molecule has 1 saturated heterocycles. The van der Waals surface area contributed by atoms with Gasteiger partial charge in [0.1, 0.15) is 0 Å². The van der Waals surface area contributed by atoms with E-state index in [2.05, 4.69) is 27.4 Å². The summed E-state index contributed by atoms with van der Waals surface area (Å²) in [5, 5.41) is 7.23. The van der Waals surface area contributed by atoms with E-state index in [4.69, 9.17) is 0 Å². The van der Waals surface area contributed by atoms with Gasteiger partial charge in [0, 0.05) is 38.1 Å². The van der Waals surface area contributed by atoms with E-state index >= 15 is 0 Å². The van der Waals surface area contributed by atoms with Crippen LogP contribution in [0.5, 0.6) is 0 Å². The number of carbonyl (C=O) groups excluding carboxylic acids is 1. The van der Waals surface area contributed by atoms with Crippen LogP contribution in [-0.4, -0.2) is 60.7 Å². The summed E-state index contributed by atoms with van der Waals surface area (Å²) in [5.74, 6) is -0.0598. The molecule has 0 spiro atoms. The van der Waals surface area contributed by atoms with Crippen molar-refractivity contribution in [2.24, 2.45) is 0 Å². The van der Waals surface area contributed by atoms with Crippen LogP contribution in [0.2, 0.25) is 0 Å². The van der Waals surface area contributed by atoms with Gasteiger partial charge < -0.3 is 15.1 Å². The number of hydrogen-bond donors (Lipinski definition) is 1. The van der Waals surface area contributed by atoms with Crippen LogP contribution >= 0.6 is 0 Å². The molecule has 0 radical (unpaired) electrons. The number of carbonyl (C=O) groups is 1. The first-order valence-corrected chi connectivity index (χ1v) is 7.80. The van der Waals surface area contributed by atoms with Gasteiger partial charge in [-0.15, -0.1) is 0 Å². The Kier molecular flexibility index (Phi) is 4.29. The second kappa shape index (κ2) is 6.36. The molecule has 6 heteroatoms. The van der Waals surface area contributed by atoms with Gasteiger partial charge in [-0.1, -0.05) is 0 Å². The topological polar surface area (TPSA) is 52.9 Å². The van der Waals surface area contributed by atoms with Crippen molar-refractivity contribution in [1.29, 1.82) is 0 Å². The zero-order valence-corrected chi connectivity index (χ0v) is 13.2. The number of likely N-dealkylation sites (N-methyl/N-ethyl adjacent to an activating group) is 1. The minimum absolute atomic E-state index is 0.0598. The number of fused-ring (bicyclic) bond motifs is 1. The third-order valence-electron chi connectivity index (χ3n) is 4.07. The van der Waals surface area contributed by atoms with Gasteiger partial charge in [0.25, 0.3) is 5.91 Å². The first kappa shape index (κ1) is 14.8. The van der Waals surface area contributed by atoms with Crippen LogP contribution in [0.25, 0.3) is 5.52 Å². The van der Waals surface area contributed by atoms with E-state index in [1.165, 1.54) is 18.5 Å². The fraction of sp³-hybridized carbons (Fsp3) is 0.500. The lowest BCUT2D eigenvalue weighted by Crippen LogP contribution is -2.31. The average molecular weight is 301 g/mol.